The highest BCUT2D eigenvalue weighted by molar-refractivity contribution is 6.10. The lowest BCUT2D eigenvalue weighted by atomic mass is 10.1. The van der Waals surface area contributed by atoms with Gasteiger partial charge in [0.15, 0.2) is 0 Å². The standard InChI is InChI=1S/C13H16N2O3/c1-13(2,3)18-12(17)15-11(6-9-16)10-4-7-14-8-5-10/h4-5,7-9H,6H2,1-3H3/b15-11+. The van der Waals surface area contributed by atoms with Crippen molar-refractivity contribution in [1.82, 2.24) is 4.98 Å². The summed E-state index contributed by atoms with van der Waals surface area (Å²) >= 11 is 0. The molecule has 1 aromatic rings. The number of amides is 1. The first kappa shape index (κ1) is 14.0. The molecule has 1 aromatic heterocycles. The number of aromatic nitrogens is 1. The van der Waals surface area contributed by atoms with Crippen molar-refractivity contribution >= 4 is 18.1 Å². The van der Waals surface area contributed by atoms with Gasteiger partial charge in [0.05, 0.1) is 5.71 Å². The number of pyridine rings is 1. The van der Waals surface area contributed by atoms with E-state index in [0.717, 1.165) is 0 Å². The number of hydrogen-bond acceptors (Lipinski definition) is 4. The Kier molecular flexibility index (Phi) is 4.71. The van der Waals surface area contributed by atoms with Crippen molar-refractivity contribution in [2.75, 3.05) is 0 Å². The van der Waals surface area contributed by atoms with E-state index < -0.39 is 11.7 Å². The van der Waals surface area contributed by atoms with Crippen LogP contribution in [-0.2, 0) is 9.53 Å². The fourth-order valence-electron chi connectivity index (χ4n) is 1.25. The van der Waals surface area contributed by atoms with Gasteiger partial charge in [-0.15, -0.1) is 0 Å². The number of carbonyl (C=O) groups is 2. The average molecular weight is 248 g/mol. The third kappa shape index (κ3) is 4.86. The van der Waals surface area contributed by atoms with Crippen LogP contribution < -0.4 is 0 Å². The molecule has 0 radical (unpaired) electrons. The van der Waals surface area contributed by atoms with E-state index >= 15 is 0 Å². The molecule has 0 atom stereocenters. The minimum Gasteiger partial charge on any atom is -0.442 e. The summed E-state index contributed by atoms with van der Waals surface area (Å²) in [5.41, 5.74) is 0.454. The van der Waals surface area contributed by atoms with Crippen LogP contribution in [0.2, 0.25) is 0 Å². The van der Waals surface area contributed by atoms with Crippen LogP contribution in [0.25, 0.3) is 0 Å². The zero-order valence-electron chi connectivity index (χ0n) is 10.7. The van der Waals surface area contributed by atoms with Crippen LogP contribution in [0.5, 0.6) is 0 Å². The molecule has 1 amide bonds. The lowest BCUT2D eigenvalue weighted by Gasteiger charge is -2.17. The summed E-state index contributed by atoms with van der Waals surface area (Å²) in [5, 5.41) is 0. The number of rotatable bonds is 3. The first-order valence-electron chi connectivity index (χ1n) is 5.57. The first-order chi connectivity index (χ1) is 8.42. The van der Waals surface area contributed by atoms with Crippen LogP contribution in [0.15, 0.2) is 29.5 Å². The number of aldehydes is 1. The van der Waals surface area contributed by atoms with Gasteiger partial charge in [-0.2, -0.15) is 4.99 Å². The zero-order chi connectivity index (χ0) is 13.6. The summed E-state index contributed by atoms with van der Waals surface area (Å²) in [4.78, 5) is 29.9. The smallest absolute Gasteiger partial charge is 0.434 e. The van der Waals surface area contributed by atoms with E-state index in [4.69, 9.17) is 4.74 Å². The lowest BCUT2D eigenvalue weighted by Crippen LogP contribution is -2.22. The Morgan fingerprint density at radius 1 is 1.39 bits per heavy atom. The Balaban J connectivity index is 2.92. The van der Waals surface area contributed by atoms with Gasteiger partial charge in [0.1, 0.15) is 11.9 Å². The molecule has 0 fully saturated rings. The molecule has 0 saturated carbocycles. The maximum Gasteiger partial charge on any atom is 0.434 e. The third-order valence-corrected chi connectivity index (χ3v) is 1.91. The van der Waals surface area contributed by atoms with Crippen molar-refractivity contribution in [2.45, 2.75) is 32.8 Å². The number of nitrogens with zero attached hydrogens (tertiary/aromatic N) is 2. The third-order valence-electron chi connectivity index (χ3n) is 1.91. The van der Waals surface area contributed by atoms with Gasteiger partial charge in [0.2, 0.25) is 0 Å². The van der Waals surface area contributed by atoms with Crippen LogP contribution in [0.1, 0.15) is 32.8 Å². The van der Waals surface area contributed by atoms with Crippen molar-refractivity contribution in [2.24, 2.45) is 4.99 Å². The normalized spacial score (nSPS) is 12.1. The maximum absolute atomic E-state index is 11.6. The molecule has 0 aromatic carbocycles. The highest BCUT2D eigenvalue weighted by Crippen LogP contribution is 2.10. The number of hydrogen-bond donors (Lipinski definition) is 0. The second-order valence-electron chi connectivity index (χ2n) is 4.65. The van der Waals surface area contributed by atoms with Gasteiger partial charge in [-0.25, -0.2) is 4.79 Å². The molecule has 0 N–H and O–H groups in total. The van der Waals surface area contributed by atoms with E-state index in [2.05, 4.69) is 9.98 Å². The van der Waals surface area contributed by atoms with Gasteiger partial charge >= 0.3 is 6.09 Å². The summed E-state index contributed by atoms with van der Waals surface area (Å²) in [6.07, 6.45) is 3.21. The molecule has 0 saturated heterocycles. The summed E-state index contributed by atoms with van der Waals surface area (Å²) < 4.78 is 5.08. The molecule has 1 heterocycles. The molecule has 96 valence electrons. The van der Waals surface area contributed by atoms with E-state index in [0.29, 0.717) is 17.6 Å². The molecule has 0 aliphatic rings. The van der Waals surface area contributed by atoms with E-state index in [1.54, 1.807) is 45.3 Å². The summed E-state index contributed by atoms with van der Waals surface area (Å²) in [6, 6.07) is 3.37. The van der Waals surface area contributed by atoms with Gasteiger partial charge < -0.3 is 9.53 Å². The van der Waals surface area contributed by atoms with Crippen molar-refractivity contribution in [3.8, 4) is 0 Å². The van der Waals surface area contributed by atoms with Gasteiger partial charge in [-0.3, -0.25) is 4.98 Å². The van der Waals surface area contributed by atoms with E-state index in [1.807, 2.05) is 0 Å². The Morgan fingerprint density at radius 3 is 2.50 bits per heavy atom. The molecule has 0 aliphatic carbocycles. The fraction of sp³-hybridized carbons (Fsp3) is 0.385. The average Bonchev–Trinajstić information content (AvgIpc) is 2.27. The molecular formula is C13H16N2O3. The van der Waals surface area contributed by atoms with E-state index in [-0.39, 0.29) is 6.42 Å². The van der Waals surface area contributed by atoms with Crippen molar-refractivity contribution in [3.63, 3.8) is 0 Å². The maximum atomic E-state index is 11.6. The van der Waals surface area contributed by atoms with Gasteiger partial charge in [-0.1, -0.05) is 0 Å². The lowest BCUT2D eigenvalue weighted by molar-refractivity contribution is -0.106. The first-order valence-corrected chi connectivity index (χ1v) is 5.57. The van der Waals surface area contributed by atoms with E-state index in [9.17, 15) is 9.59 Å². The second-order valence-corrected chi connectivity index (χ2v) is 4.65. The second kappa shape index (κ2) is 6.05. The monoisotopic (exact) mass is 248 g/mol. The van der Waals surface area contributed by atoms with Crippen LogP contribution in [-0.4, -0.2) is 28.7 Å². The van der Waals surface area contributed by atoms with Crippen LogP contribution in [0, 0.1) is 0 Å². The number of ether oxygens (including phenoxy) is 1. The number of aliphatic imine (C=N–C) groups is 1. The Morgan fingerprint density at radius 2 is 2.00 bits per heavy atom. The number of carbonyl (C=O) groups excluding carboxylic acids is 2. The van der Waals surface area contributed by atoms with Crippen molar-refractivity contribution in [3.05, 3.63) is 30.1 Å². The van der Waals surface area contributed by atoms with Crippen LogP contribution in [0.3, 0.4) is 0 Å². The van der Waals surface area contributed by atoms with Gasteiger partial charge in [-0.05, 0) is 38.5 Å². The molecule has 1 rings (SSSR count). The predicted octanol–water partition coefficient (Wildman–Crippen LogP) is 2.39. The van der Waals surface area contributed by atoms with Crippen LogP contribution >= 0.6 is 0 Å². The Hall–Kier alpha value is -2.04. The minimum absolute atomic E-state index is 0.0588. The zero-order valence-corrected chi connectivity index (χ0v) is 10.7. The molecular weight excluding hydrogens is 232 g/mol. The minimum atomic E-state index is -0.698. The quantitative estimate of drug-likeness (QED) is 0.608. The molecule has 0 aliphatic heterocycles. The molecule has 5 nitrogen and oxygen atoms in total. The SMILES string of the molecule is CC(C)(C)OC(=O)/N=C(\CC=O)c1ccncc1. The summed E-state index contributed by atoms with van der Waals surface area (Å²) in [6.45, 7) is 5.27. The molecule has 0 bridgehead atoms. The van der Waals surface area contributed by atoms with Gasteiger partial charge in [0, 0.05) is 18.8 Å². The highest BCUT2D eigenvalue weighted by Gasteiger charge is 2.16. The van der Waals surface area contributed by atoms with Crippen molar-refractivity contribution in [1.29, 1.82) is 0 Å². The molecule has 0 spiro atoms. The Bertz CT molecular complexity index is 447. The van der Waals surface area contributed by atoms with Gasteiger partial charge in [0.25, 0.3) is 0 Å². The molecule has 0 unspecified atom stereocenters. The molecule has 5 heteroatoms. The molecule has 18 heavy (non-hydrogen) atoms. The fourth-order valence-corrected chi connectivity index (χ4v) is 1.25. The van der Waals surface area contributed by atoms with E-state index in [1.165, 1.54) is 0 Å². The predicted molar refractivity (Wildman–Crippen MR) is 67.7 cm³/mol. The topological polar surface area (TPSA) is 68.6 Å². The largest absolute Gasteiger partial charge is 0.442 e. The van der Waals surface area contributed by atoms with Crippen LogP contribution in [0.4, 0.5) is 4.79 Å². The highest BCUT2D eigenvalue weighted by atomic mass is 16.6. The van der Waals surface area contributed by atoms with Crippen molar-refractivity contribution < 1.29 is 14.3 Å². The summed E-state index contributed by atoms with van der Waals surface area (Å²) in [5.74, 6) is 0. The Labute approximate surface area is 106 Å². The summed E-state index contributed by atoms with van der Waals surface area (Å²) in [7, 11) is 0.